The second-order valence-corrected chi connectivity index (χ2v) is 3.25. The lowest BCUT2D eigenvalue weighted by atomic mass is 10.1. The third-order valence-electron chi connectivity index (χ3n) is 2.06. The van der Waals surface area contributed by atoms with E-state index in [0.717, 1.165) is 11.3 Å². The smallest absolute Gasteiger partial charge is 0.0822 e. The van der Waals surface area contributed by atoms with E-state index in [1.54, 1.807) is 12.4 Å². The van der Waals surface area contributed by atoms with Gasteiger partial charge in [0.15, 0.2) is 0 Å². The Hall–Kier alpha value is -1.09. The van der Waals surface area contributed by atoms with Gasteiger partial charge in [0.05, 0.1) is 6.10 Å². The predicted molar refractivity (Wildman–Crippen MR) is 53.8 cm³/mol. The number of anilines is 1. The van der Waals surface area contributed by atoms with Crippen LogP contribution in [0.25, 0.3) is 0 Å². The number of pyridine rings is 1. The maximum absolute atomic E-state index is 9.69. The molecule has 1 heterocycles. The van der Waals surface area contributed by atoms with Crippen LogP contribution in [-0.4, -0.2) is 24.2 Å². The maximum atomic E-state index is 9.69. The molecular formula is C10H16N2O. The topological polar surface area (TPSA) is 36.4 Å². The van der Waals surface area contributed by atoms with Crippen molar-refractivity contribution in [3.05, 3.63) is 24.0 Å². The van der Waals surface area contributed by atoms with Crippen LogP contribution in [0.3, 0.4) is 0 Å². The van der Waals surface area contributed by atoms with Crippen molar-refractivity contribution in [2.75, 3.05) is 19.0 Å². The Balaban J connectivity index is 3.04. The first-order valence-electron chi connectivity index (χ1n) is 4.46. The van der Waals surface area contributed by atoms with Crippen LogP contribution in [0.1, 0.15) is 25.0 Å². The van der Waals surface area contributed by atoms with E-state index in [4.69, 9.17) is 0 Å². The normalized spacial score (nSPS) is 12.6. The van der Waals surface area contributed by atoms with E-state index in [2.05, 4.69) is 4.98 Å². The van der Waals surface area contributed by atoms with E-state index < -0.39 is 6.10 Å². The van der Waals surface area contributed by atoms with Gasteiger partial charge in [-0.2, -0.15) is 0 Å². The van der Waals surface area contributed by atoms with Crippen molar-refractivity contribution in [1.29, 1.82) is 0 Å². The number of aromatic nitrogens is 1. The fourth-order valence-corrected chi connectivity index (χ4v) is 1.28. The third-order valence-corrected chi connectivity index (χ3v) is 2.06. The van der Waals surface area contributed by atoms with E-state index in [0.29, 0.717) is 6.42 Å². The number of hydrogen-bond acceptors (Lipinski definition) is 3. The molecule has 0 radical (unpaired) electrons. The van der Waals surface area contributed by atoms with Gasteiger partial charge in [0, 0.05) is 37.7 Å². The van der Waals surface area contributed by atoms with Crippen molar-refractivity contribution in [2.24, 2.45) is 0 Å². The second-order valence-electron chi connectivity index (χ2n) is 3.25. The quantitative estimate of drug-likeness (QED) is 0.767. The van der Waals surface area contributed by atoms with Crippen molar-refractivity contribution in [3.63, 3.8) is 0 Å². The van der Waals surface area contributed by atoms with Gasteiger partial charge in [-0.3, -0.25) is 4.98 Å². The number of hydrogen-bond donors (Lipinski definition) is 1. The minimum Gasteiger partial charge on any atom is -0.388 e. The van der Waals surface area contributed by atoms with Crippen LogP contribution in [0.15, 0.2) is 18.5 Å². The lowest BCUT2D eigenvalue weighted by Crippen LogP contribution is -2.13. The molecule has 1 N–H and O–H groups in total. The van der Waals surface area contributed by atoms with Gasteiger partial charge in [0.1, 0.15) is 0 Å². The summed E-state index contributed by atoms with van der Waals surface area (Å²) in [7, 11) is 3.92. The molecule has 1 aromatic heterocycles. The standard InChI is InChI=1S/C10H16N2O/c1-4-10(13)8-7-11-6-5-9(8)12(2)3/h5-7,10,13H,4H2,1-3H3. The van der Waals surface area contributed by atoms with Crippen LogP contribution < -0.4 is 4.90 Å². The fourth-order valence-electron chi connectivity index (χ4n) is 1.28. The molecule has 0 amide bonds. The highest BCUT2D eigenvalue weighted by atomic mass is 16.3. The molecule has 0 aliphatic heterocycles. The Labute approximate surface area is 79.0 Å². The first-order chi connectivity index (χ1) is 6.16. The summed E-state index contributed by atoms with van der Waals surface area (Å²) >= 11 is 0. The van der Waals surface area contributed by atoms with Crippen molar-refractivity contribution in [1.82, 2.24) is 4.98 Å². The van der Waals surface area contributed by atoms with Crippen molar-refractivity contribution >= 4 is 5.69 Å². The summed E-state index contributed by atoms with van der Waals surface area (Å²) < 4.78 is 0. The molecule has 0 aromatic carbocycles. The lowest BCUT2D eigenvalue weighted by molar-refractivity contribution is 0.173. The van der Waals surface area contributed by atoms with Crippen LogP contribution in [-0.2, 0) is 0 Å². The summed E-state index contributed by atoms with van der Waals surface area (Å²) in [6.07, 6.45) is 3.77. The number of aliphatic hydroxyl groups excluding tert-OH is 1. The first kappa shape index (κ1) is 9.99. The predicted octanol–water partition coefficient (Wildman–Crippen LogP) is 1.59. The zero-order valence-corrected chi connectivity index (χ0v) is 8.36. The van der Waals surface area contributed by atoms with Gasteiger partial charge in [0.25, 0.3) is 0 Å². The molecule has 3 nitrogen and oxygen atoms in total. The molecule has 1 unspecified atom stereocenters. The molecule has 0 fully saturated rings. The summed E-state index contributed by atoms with van der Waals surface area (Å²) in [5.74, 6) is 0. The Bertz CT molecular complexity index is 273. The van der Waals surface area contributed by atoms with E-state index in [1.807, 2.05) is 32.0 Å². The van der Waals surface area contributed by atoms with Gasteiger partial charge in [-0.15, -0.1) is 0 Å². The molecule has 1 atom stereocenters. The van der Waals surface area contributed by atoms with Crippen molar-refractivity contribution < 1.29 is 5.11 Å². The Morgan fingerprint density at radius 2 is 2.23 bits per heavy atom. The number of aliphatic hydroxyl groups is 1. The Kier molecular flexibility index (Phi) is 3.25. The highest BCUT2D eigenvalue weighted by molar-refractivity contribution is 5.51. The summed E-state index contributed by atoms with van der Waals surface area (Å²) in [4.78, 5) is 5.99. The Morgan fingerprint density at radius 1 is 1.54 bits per heavy atom. The van der Waals surface area contributed by atoms with Crippen LogP contribution in [0.5, 0.6) is 0 Å². The highest BCUT2D eigenvalue weighted by Gasteiger charge is 2.11. The molecule has 13 heavy (non-hydrogen) atoms. The SMILES string of the molecule is CCC(O)c1cnccc1N(C)C. The minimum absolute atomic E-state index is 0.411. The molecule has 3 heteroatoms. The van der Waals surface area contributed by atoms with E-state index in [1.165, 1.54) is 0 Å². The van der Waals surface area contributed by atoms with Gasteiger partial charge >= 0.3 is 0 Å². The monoisotopic (exact) mass is 180 g/mol. The van der Waals surface area contributed by atoms with Gasteiger partial charge in [-0.1, -0.05) is 6.92 Å². The number of rotatable bonds is 3. The lowest BCUT2D eigenvalue weighted by Gasteiger charge is -2.19. The van der Waals surface area contributed by atoms with Gasteiger partial charge < -0.3 is 10.0 Å². The molecule has 1 rings (SSSR count). The fraction of sp³-hybridized carbons (Fsp3) is 0.500. The van der Waals surface area contributed by atoms with E-state index >= 15 is 0 Å². The molecule has 1 aromatic rings. The molecule has 0 saturated heterocycles. The second kappa shape index (κ2) is 4.23. The molecule has 72 valence electrons. The largest absolute Gasteiger partial charge is 0.388 e. The van der Waals surface area contributed by atoms with Gasteiger partial charge in [0.2, 0.25) is 0 Å². The average Bonchev–Trinajstić information content (AvgIpc) is 2.16. The minimum atomic E-state index is -0.411. The van der Waals surface area contributed by atoms with Crippen molar-refractivity contribution in [2.45, 2.75) is 19.4 Å². The zero-order valence-electron chi connectivity index (χ0n) is 8.36. The first-order valence-corrected chi connectivity index (χ1v) is 4.46. The zero-order chi connectivity index (χ0) is 9.84. The summed E-state index contributed by atoms with van der Waals surface area (Å²) in [5.41, 5.74) is 1.93. The van der Waals surface area contributed by atoms with Gasteiger partial charge in [-0.05, 0) is 12.5 Å². The molecule has 0 spiro atoms. The third kappa shape index (κ3) is 2.18. The van der Waals surface area contributed by atoms with Crippen LogP contribution >= 0.6 is 0 Å². The van der Waals surface area contributed by atoms with Crippen molar-refractivity contribution in [3.8, 4) is 0 Å². The number of nitrogens with zero attached hydrogens (tertiary/aromatic N) is 2. The van der Waals surface area contributed by atoms with Crippen LogP contribution in [0.4, 0.5) is 5.69 Å². The van der Waals surface area contributed by atoms with E-state index in [9.17, 15) is 5.11 Å². The summed E-state index contributed by atoms with van der Waals surface area (Å²) in [5, 5.41) is 9.69. The molecule has 0 aliphatic rings. The van der Waals surface area contributed by atoms with Crippen LogP contribution in [0, 0.1) is 0 Å². The van der Waals surface area contributed by atoms with E-state index in [-0.39, 0.29) is 0 Å². The average molecular weight is 180 g/mol. The molecule has 0 saturated carbocycles. The highest BCUT2D eigenvalue weighted by Crippen LogP contribution is 2.25. The summed E-state index contributed by atoms with van der Waals surface area (Å²) in [6.45, 7) is 1.96. The molecular weight excluding hydrogens is 164 g/mol. The molecule has 0 bridgehead atoms. The van der Waals surface area contributed by atoms with Crippen LogP contribution in [0.2, 0.25) is 0 Å². The van der Waals surface area contributed by atoms with Gasteiger partial charge in [-0.25, -0.2) is 0 Å². The maximum Gasteiger partial charge on any atom is 0.0822 e. The molecule has 0 aliphatic carbocycles. The Morgan fingerprint density at radius 3 is 2.77 bits per heavy atom. The summed E-state index contributed by atoms with van der Waals surface area (Å²) in [6, 6.07) is 1.91.